The Labute approximate surface area is 165 Å². The summed E-state index contributed by atoms with van der Waals surface area (Å²) in [5.74, 6) is -1.04. The van der Waals surface area contributed by atoms with E-state index >= 15 is 0 Å². The van der Waals surface area contributed by atoms with Gasteiger partial charge in [-0.25, -0.2) is 9.59 Å². The van der Waals surface area contributed by atoms with Gasteiger partial charge in [-0.2, -0.15) is 0 Å². The predicted octanol–water partition coefficient (Wildman–Crippen LogP) is 3.42. The van der Waals surface area contributed by atoms with Crippen molar-refractivity contribution in [2.24, 2.45) is 5.92 Å². The molecule has 0 saturated carbocycles. The number of benzene rings is 2. The van der Waals surface area contributed by atoms with E-state index in [1.54, 1.807) is 0 Å². The Bertz CT molecular complexity index is 813. The van der Waals surface area contributed by atoms with Gasteiger partial charge in [-0.15, -0.1) is 0 Å². The summed E-state index contributed by atoms with van der Waals surface area (Å²) in [6.07, 6.45) is -1.93. The van der Waals surface area contributed by atoms with Gasteiger partial charge in [0.2, 0.25) is 0 Å². The molecule has 3 rings (SSSR count). The second-order valence-corrected chi connectivity index (χ2v) is 7.36. The normalized spacial score (nSPS) is 21.9. The molecular weight excluding hydrogens is 414 g/mol. The molecule has 2 aromatic rings. The van der Waals surface area contributed by atoms with Gasteiger partial charge in [-0.05, 0) is 30.0 Å². The van der Waals surface area contributed by atoms with E-state index in [9.17, 15) is 19.8 Å². The highest BCUT2D eigenvalue weighted by Crippen LogP contribution is 2.33. The Balaban J connectivity index is 1.71. The van der Waals surface area contributed by atoms with Crippen LogP contribution in [0.1, 0.15) is 17.5 Å². The minimum Gasteiger partial charge on any atom is -0.465 e. The molecule has 0 spiro atoms. The Hall–Kier alpha value is -2.38. The fourth-order valence-electron chi connectivity index (χ4n) is 3.35. The fraction of sp³-hybridized carbons (Fsp3) is 0.300. The second-order valence-electron chi connectivity index (χ2n) is 6.50. The molecular formula is C20H20BrNO5. The smallest absolute Gasteiger partial charge is 0.410 e. The van der Waals surface area contributed by atoms with Gasteiger partial charge in [0.15, 0.2) is 0 Å². The highest BCUT2D eigenvalue weighted by Gasteiger charge is 2.47. The number of amides is 1. The monoisotopic (exact) mass is 433 g/mol. The lowest BCUT2D eigenvalue weighted by atomic mass is 9.95. The number of carboxylic acid groups (broad SMARTS) is 1. The SMILES string of the molecule is O=C(OCc1ccccc1)[C@H]1C[C@H](Cc2ccccc2Br)C(O)N1C(=O)O. The van der Waals surface area contributed by atoms with Gasteiger partial charge < -0.3 is 14.9 Å². The molecule has 1 saturated heterocycles. The molecule has 1 aliphatic heterocycles. The van der Waals surface area contributed by atoms with Crippen molar-refractivity contribution in [2.75, 3.05) is 0 Å². The lowest BCUT2D eigenvalue weighted by molar-refractivity contribution is -0.151. The molecule has 0 radical (unpaired) electrons. The van der Waals surface area contributed by atoms with Crippen LogP contribution in [0.2, 0.25) is 0 Å². The Kier molecular flexibility index (Phi) is 6.13. The first-order chi connectivity index (χ1) is 13.0. The summed E-state index contributed by atoms with van der Waals surface area (Å²) in [4.78, 5) is 24.9. The van der Waals surface area contributed by atoms with E-state index in [4.69, 9.17) is 4.74 Å². The Morgan fingerprint density at radius 2 is 1.78 bits per heavy atom. The van der Waals surface area contributed by atoms with E-state index in [0.29, 0.717) is 6.42 Å². The highest BCUT2D eigenvalue weighted by atomic mass is 79.9. The van der Waals surface area contributed by atoms with E-state index in [-0.39, 0.29) is 13.0 Å². The van der Waals surface area contributed by atoms with Gasteiger partial charge in [0, 0.05) is 10.4 Å². The summed E-state index contributed by atoms with van der Waals surface area (Å²) in [6.45, 7) is 0.0641. The van der Waals surface area contributed by atoms with Gasteiger partial charge in [-0.3, -0.25) is 4.90 Å². The fourth-order valence-corrected chi connectivity index (χ4v) is 3.80. The third-order valence-electron chi connectivity index (χ3n) is 4.73. The maximum Gasteiger partial charge on any atom is 0.410 e. The van der Waals surface area contributed by atoms with Crippen LogP contribution in [0.5, 0.6) is 0 Å². The lowest BCUT2D eigenvalue weighted by Crippen LogP contribution is -2.45. The van der Waals surface area contributed by atoms with Crippen LogP contribution in [0.4, 0.5) is 4.79 Å². The molecule has 0 bridgehead atoms. The molecule has 142 valence electrons. The van der Waals surface area contributed by atoms with Crippen molar-refractivity contribution >= 4 is 28.0 Å². The largest absolute Gasteiger partial charge is 0.465 e. The number of hydrogen-bond acceptors (Lipinski definition) is 4. The number of aliphatic hydroxyl groups excluding tert-OH is 1. The zero-order chi connectivity index (χ0) is 19.4. The van der Waals surface area contributed by atoms with Gasteiger partial charge in [0.05, 0.1) is 0 Å². The summed E-state index contributed by atoms with van der Waals surface area (Å²) >= 11 is 3.46. The second kappa shape index (κ2) is 8.54. The average Bonchev–Trinajstić information content (AvgIpc) is 2.99. The molecule has 0 aromatic heterocycles. The first-order valence-electron chi connectivity index (χ1n) is 8.60. The number of nitrogens with zero attached hydrogens (tertiary/aromatic N) is 1. The minimum absolute atomic E-state index is 0.0641. The molecule has 27 heavy (non-hydrogen) atoms. The van der Waals surface area contributed by atoms with E-state index < -0.39 is 30.3 Å². The van der Waals surface area contributed by atoms with Gasteiger partial charge in [-0.1, -0.05) is 64.5 Å². The number of rotatable bonds is 5. The predicted molar refractivity (Wildman–Crippen MR) is 102 cm³/mol. The molecule has 2 aromatic carbocycles. The maximum absolute atomic E-state index is 12.5. The number of ether oxygens (including phenoxy) is 1. The van der Waals surface area contributed by atoms with E-state index in [1.165, 1.54) is 0 Å². The zero-order valence-electron chi connectivity index (χ0n) is 14.5. The van der Waals surface area contributed by atoms with Crippen LogP contribution in [0, 0.1) is 5.92 Å². The number of carbonyl (C=O) groups is 2. The van der Waals surface area contributed by atoms with Crippen LogP contribution >= 0.6 is 15.9 Å². The summed E-state index contributed by atoms with van der Waals surface area (Å²) in [5, 5.41) is 20.0. The molecule has 1 amide bonds. The molecule has 0 aliphatic carbocycles. The third kappa shape index (κ3) is 4.48. The third-order valence-corrected chi connectivity index (χ3v) is 5.50. The van der Waals surface area contributed by atoms with Crippen molar-refractivity contribution < 1.29 is 24.5 Å². The number of likely N-dealkylation sites (tertiary alicyclic amines) is 1. The molecule has 1 unspecified atom stereocenters. The van der Waals surface area contributed by atoms with Crippen LogP contribution in [0.15, 0.2) is 59.1 Å². The van der Waals surface area contributed by atoms with Crippen LogP contribution in [0.25, 0.3) is 0 Å². The number of carbonyl (C=O) groups excluding carboxylic acids is 1. The quantitative estimate of drug-likeness (QED) is 0.705. The maximum atomic E-state index is 12.5. The first kappa shape index (κ1) is 19.4. The van der Waals surface area contributed by atoms with Crippen LogP contribution in [0.3, 0.4) is 0 Å². The molecule has 7 heteroatoms. The number of esters is 1. The summed E-state index contributed by atoms with van der Waals surface area (Å²) in [5.41, 5.74) is 1.77. The van der Waals surface area contributed by atoms with Crippen molar-refractivity contribution in [3.8, 4) is 0 Å². The molecule has 2 N–H and O–H groups in total. The van der Waals surface area contributed by atoms with Crippen molar-refractivity contribution in [3.05, 3.63) is 70.2 Å². The Morgan fingerprint density at radius 3 is 2.44 bits per heavy atom. The van der Waals surface area contributed by atoms with Crippen molar-refractivity contribution in [1.29, 1.82) is 0 Å². The highest BCUT2D eigenvalue weighted by molar-refractivity contribution is 9.10. The molecule has 3 atom stereocenters. The minimum atomic E-state index is -1.33. The summed E-state index contributed by atoms with van der Waals surface area (Å²) in [6, 6.07) is 15.7. The van der Waals surface area contributed by atoms with E-state index in [1.807, 2.05) is 54.6 Å². The lowest BCUT2D eigenvalue weighted by Gasteiger charge is -2.24. The van der Waals surface area contributed by atoms with Crippen LogP contribution < -0.4 is 0 Å². The number of aliphatic hydroxyl groups is 1. The average molecular weight is 434 g/mol. The van der Waals surface area contributed by atoms with E-state index in [2.05, 4.69) is 15.9 Å². The topological polar surface area (TPSA) is 87.1 Å². The van der Waals surface area contributed by atoms with Crippen LogP contribution in [-0.4, -0.2) is 39.4 Å². The first-order valence-corrected chi connectivity index (χ1v) is 9.40. The van der Waals surface area contributed by atoms with Crippen molar-refractivity contribution in [1.82, 2.24) is 4.90 Å². The number of hydrogen-bond donors (Lipinski definition) is 2. The summed E-state index contributed by atoms with van der Waals surface area (Å²) < 4.78 is 6.18. The van der Waals surface area contributed by atoms with Crippen LogP contribution in [-0.2, 0) is 22.6 Å². The van der Waals surface area contributed by atoms with Gasteiger partial charge >= 0.3 is 12.1 Å². The molecule has 1 aliphatic rings. The number of halogens is 1. The van der Waals surface area contributed by atoms with E-state index in [0.717, 1.165) is 20.5 Å². The Morgan fingerprint density at radius 1 is 1.11 bits per heavy atom. The molecule has 1 fully saturated rings. The zero-order valence-corrected chi connectivity index (χ0v) is 16.1. The van der Waals surface area contributed by atoms with Gasteiger partial charge in [0.25, 0.3) is 0 Å². The van der Waals surface area contributed by atoms with Crippen molar-refractivity contribution in [2.45, 2.75) is 31.7 Å². The standard InChI is InChI=1S/C20H20BrNO5/c21-16-9-5-4-8-14(16)10-15-11-17(22(18(15)23)20(25)26)19(24)27-12-13-6-2-1-3-7-13/h1-9,15,17-18,23H,10-12H2,(H,25,26)/t15-,17+,18?/m0/s1. The van der Waals surface area contributed by atoms with Gasteiger partial charge in [0.1, 0.15) is 18.9 Å². The van der Waals surface area contributed by atoms with Crippen molar-refractivity contribution in [3.63, 3.8) is 0 Å². The molecule has 6 nitrogen and oxygen atoms in total. The molecule has 1 heterocycles. The summed E-state index contributed by atoms with van der Waals surface area (Å²) in [7, 11) is 0.